The number of nitrogen functional groups attached to an aromatic ring is 1. The van der Waals surface area contributed by atoms with E-state index in [-0.39, 0.29) is 23.4 Å². The van der Waals surface area contributed by atoms with Crippen LogP contribution in [-0.2, 0) is 0 Å². The molecule has 0 saturated carbocycles. The number of ether oxygens (including phenoxy) is 1. The molecule has 4 nitrogen and oxygen atoms in total. The Bertz CT molecular complexity index is 355. The van der Waals surface area contributed by atoms with E-state index >= 15 is 0 Å². The molecule has 1 rings (SSSR count). The third kappa shape index (κ3) is 1.63. The highest BCUT2D eigenvalue weighted by Gasteiger charge is 2.18. The largest absolute Gasteiger partial charge is 0.480 e. The van der Waals surface area contributed by atoms with Gasteiger partial charge in [0.25, 0.3) is 6.43 Å². The van der Waals surface area contributed by atoms with Gasteiger partial charge in [0.2, 0.25) is 5.88 Å². The Kier molecular flexibility index (Phi) is 2.95. The van der Waals surface area contributed by atoms with Gasteiger partial charge >= 0.3 is 0 Å². The van der Waals surface area contributed by atoms with E-state index < -0.39 is 12.0 Å². The molecule has 0 atom stereocenters. The number of anilines is 1. The van der Waals surface area contributed by atoms with Crippen molar-refractivity contribution in [2.24, 2.45) is 0 Å². The van der Waals surface area contributed by atoms with E-state index in [4.69, 9.17) is 5.73 Å². The number of methoxy groups -OCH3 is 1. The number of aldehydes is 1. The number of aromatic nitrogens is 1. The molecule has 0 aliphatic carbocycles. The van der Waals surface area contributed by atoms with Gasteiger partial charge in [0.1, 0.15) is 5.69 Å². The van der Waals surface area contributed by atoms with E-state index in [1.165, 1.54) is 7.11 Å². The topological polar surface area (TPSA) is 65.2 Å². The van der Waals surface area contributed by atoms with Crippen LogP contribution < -0.4 is 10.5 Å². The summed E-state index contributed by atoms with van der Waals surface area (Å²) in [6.45, 7) is 0. The van der Waals surface area contributed by atoms with Crippen LogP contribution in [0, 0.1) is 0 Å². The molecular formula is C8H8F2N2O2. The molecule has 0 radical (unpaired) electrons. The highest BCUT2D eigenvalue weighted by Crippen LogP contribution is 2.29. The van der Waals surface area contributed by atoms with Crippen molar-refractivity contribution in [3.63, 3.8) is 0 Å². The number of pyridine rings is 1. The molecule has 1 aromatic heterocycles. The predicted octanol–water partition coefficient (Wildman–Crippen LogP) is 1.42. The third-order valence-corrected chi connectivity index (χ3v) is 1.70. The van der Waals surface area contributed by atoms with Crippen LogP contribution >= 0.6 is 0 Å². The summed E-state index contributed by atoms with van der Waals surface area (Å²) in [4.78, 5) is 14.1. The van der Waals surface area contributed by atoms with Crippen molar-refractivity contribution in [3.8, 4) is 5.88 Å². The molecule has 0 aromatic carbocycles. The lowest BCUT2D eigenvalue weighted by molar-refractivity contribution is 0.110. The Morgan fingerprint density at radius 3 is 2.71 bits per heavy atom. The van der Waals surface area contributed by atoms with E-state index in [2.05, 4.69) is 9.72 Å². The normalized spacial score (nSPS) is 10.3. The summed E-state index contributed by atoms with van der Waals surface area (Å²) in [5.41, 5.74) is 4.47. The van der Waals surface area contributed by atoms with Gasteiger partial charge in [-0.15, -0.1) is 0 Å². The maximum absolute atomic E-state index is 12.3. The molecular weight excluding hydrogens is 194 g/mol. The molecule has 76 valence electrons. The van der Waals surface area contributed by atoms with Gasteiger partial charge < -0.3 is 10.5 Å². The first-order valence-corrected chi connectivity index (χ1v) is 3.67. The second-order valence-electron chi connectivity index (χ2n) is 2.47. The SMILES string of the molecule is COc1ncc(C(F)F)c(C=O)c1N. The molecule has 2 N–H and O–H groups in total. The number of carbonyl (C=O) groups is 1. The van der Waals surface area contributed by atoms with Crippen LogP contribution in [-0.4, -0.2) is 18.4 Å². The predicted molar refractivity (Wildman–Crippen MR) is 45.5 cm³/mol. The van der Waals surface area contributed by atoms with Crippen LogP contribution in [0.5, 0.6) is 5.88 Å². The lowest BCUT2D eigenvalue weighted by Crippen LogP contribution is -2.04. The van der Waals surface area contributed by atoms with Gasteiger partial charge in [0, 0.05) is 11.8 Å². The van der Waals surface area contributed by atoms with Crippen molar-refractivity contribution >= 4 is 12.0 Å². The van der Waals surface area contributed by atoms with Crippen LogP contribution in [0.1, 0.15) is 22.3 Å². The molecule has 0 unspecified atom stereocenters. The smallest absolute Gasteiger partial charge is 0.266 e. The Labute approximate surface area is 78.7 Å². The average Bonchev–Trinajstić information content (AvgIpc) is 2.17. The van der Waals surface area contributed by atoms with Crippen molar-refractivity contribution in [1.82, 2.24) is 4.98 Å². The van der Waals surface area contributed by atoms with E-state index in [0.717, 1.165) is 6.20 Å². The summed E-state index contributed by atoms with van der Waals surface area (Å²) in [5, 5.41) is 0. The lowest BCUT2D eigenvalue weighted by Gasteiger charge is -2.08. The van der Waals surface area contributed by atoms with E-state index in [1.807, 2.05) is 0 Å². The molecule has 0 amide bonds. The fraction of sp³-hybridized carbons (Fsp3) is 0.250. The Morgan fingerprint density at radius 1 is 1.64 bits per heavy atom. The summed E-state index contributed by atoms with van der Waals surface area (Å²) < 4.78 is 29.4. The minimum Gasteiger partial charge on any atom is -0.480 e. The van der Waals surface area contributed by atoms with Crippen LogP contribution in [0.25, 0.3) is 0 Å². The number of alkyl halides is 2. The van der Waals surface area contributed by atoms with Crippen LogP contribution in [0.2, 0.25) is 0 Å². The zero-order chi connectivity index (χ0) is 10.7. The summed E-state index contributed by atoms with van der Waals surface area (Å²) in [5.74, 6) is -0.0310. The summed E-state index contributed by atoms with van der Waals surface area (Å²) in [7, 11) is 1.29. The average molecular weight is 202 g/mol. The van der Waals surface area contributed by atoms with E-state index in [1.54, 1.807) is 0 Å². The lowest BCUT2D eigenvalue weighted by atomic mass is 10.1. The van der Waals surface area contributed by atoms with Gasteiger partial charge in [-0.1, -0.05) is 0 Å². The number of hydrogen-bond donors (Lipinski definition) is 1. The van der Waals surface area contributed by atoms with Crippen molar-refractivity contribution in [2.45, 2.75) is 6.43 Å². The van der Waals surface area contributed by atoms with Crippen molar-refractivity contribution < 1.29 is 18.3 Å². The molecule has 0 saturated heterocycles. The van der Waals surface area contributed by atoms with Crippen molar-refractivity contribution in [2.75, 3.05) is 12.8 Å². The molecule has 0 bridgehead atoms. The van der Waals surface area contributed by atoms with Crippen molar-refractivity contribution in [3.05, 3.63) is 17.3 Å². The highest BCUT2D eigenvalue weighted by molar-refractivity contribution is 5.87. The van der Waals surface area contributed by atoms with Crippen LogP contribution in [0.4, 0.5) is 14.5 Å². The Balaban J connectivity index is 3.35. The van der Waals surface area contributed by atoms with Gasteiger partial charge in [0.05, 0.1) is 12.7 Å². The number of hydrogen-bond acceptors (Lipinski definition) is 4. The van der Waals surface area contributed by atoms with E-state index in [0.29, 0.717) is 0 Å². The number of carbonyl (C=O) groups excluding carboxylic acids is 1. The Morgan fingerprint density at radius 2 is 2.29 bits per heavy atom. The molecule has 6 heteroatoms. The van der Waals surface area contributed by atoms with E-state index in [9.17, 15) is 13.6 Å². The van der Waals surface area contributed by atoms with Gasteiger partial charge in [-0.25, -0.2) is 13.8 Å². The number of rotatable bonds is 3. The second-order valence-corrected chi connectivity index (χ2v) is 2.47. The summed E-state index contributed by atoms with van der Waals surface area (Å²) >= 11 is 0. The molecule has 0 fully saturated rings. The summed E-state index contributed by atoms with van der Waals surface area (Å²) in [6.07, 6.45) is -1.64. The third-order valence-electron chi connectivity index (χ3n) is 1.70. The standard InChI is InChI=1S/C8H8F2N2O2/c1-14-8-6(11)5(3-13)4(2-12-8)7(9)10/h2-3,7H,11H2,1H3. The van der Waals surface area contributed by atoms with Gasteiger partial charge in [0.15, 0.2) is 6.29 Å². The number of nitrogens with zero attached hydrogens (tertiary/aromatic N) is 1. The first-order chi connectivity index (χ1) is 6.61. The Hall–Kier alpha value is -1.72. The monoisotopic (exact) mass is 202 g/mol. The van der Waals surface area contributed by atoms with Gasteiger partial charge in [-0.2, -0.15) is 0 Å². The van der Waals surface area contributed by atoms with Gasteiger partial charge in [-0.05, 0) is 0 Å². The minimum atomic E-state index is -2.78. The number of halogens is 2. The highest BCUT2D eigenvalue weighted by atomic mass is 19.3. The second kappa shape index (κ2) is 3.99. The molecule has 1 heterocycles. The zero-order valence-corrected chi connectivity index (χ0v) is 7.33. The molecule has 0 aliphatic rings. The quantitative estimate of drug-likeness (QED) is 0.753. The van der Waals surface area contributed by atoms with Crippen LogP contribution in [0.15, 0.2) is 6.20 Å². The molecule has 14 heavy (non-hydrogen) atoms. The van der Waals surface area contributed by atoms with Crippen LogP contribution in [0.3, 0.4) is 0 Å². The minimum absolute atomic E-state index is 0.0310. The molecule has 0 aliphatic heterocycles. The fourth-order valence-corrected chi connectivity index (χ4v) is 1.01. The molecule has 0 spiro atoms. The zero-order valence-electron chi connectivity index (χ0n) is 7.33. The molecule has 1 aromatic rings. The first kappa shape index (κ1) is 10.4. The number of nitrogens with two attached hydrogens (primary N) is 1. The maximum Gasteiger partial charge on any atom is 0.266 e. The van der Waals surface area contributed by atoms with Crippen molar-refractivity contribution in [1.29, 1.82) is 0 Å². The maximum atomic E-state index is 12.3. The first-order valence-electron chi connectivity index (χ1n) is 3.67. The summed E-state index contributed by atoms with van der Waals surface area (Å²) in [6, 6.07) is 0. The van der Waals surface area contributed by atoms with Gasteiger partial charge in [-0.3, -0.25) is 4.79 Å². The fourth-order valence-electron chi connectivity index (χ4n) is 1.01.